The van der Waals surface area contributed by atoms with Gasteiger partial charge in [0.05, 0.1) is 0 Å². The number of nitrogens with one attached hydrogen (secondary N) is 1. The maximum Gasteiger partial charge on any atom is 0.352 e. The van der Waals surface area contributed by atoms with E-state index in [1.54, 1.807) is 30.3 Å². The van der Waals surface area contributed by atoms with E-state index in [4.69, 9.17) is 9.47 Å². The summed E-state index contributed by atoms with van der Waals surface area (Å²) >= 11 is -0.464. The van der Waals surface area contributed by atoms with Gasteiger partial charge in [-0.2, -0.15) is 0 Å². The molecule has 3 rings (SSSR count). The van der Waals surface area contributed by atoms with Crippen LogP contribution >= 0.6 is 11.8 Å². The highest BCUT2D eigenvalue weighted by molar-refractivity contribution is 8.00. The first-order valence-corrected chi connectivity index (χ1v) is 11.4. The van der Waals surface area contributed by atoms with Crippen LogP contribution in [-0.2, 0) is 39.8 Å². The van der Waals surface area contributed by atoms with E-state index in [1.807, 2.05) is 0 Å². The van der Waals surface area contributed by atoms with Crippen LogP contribution < -0.4 is 5.32 Å². The second-order valence-corrected chi connectivity index (χ2v) is 9.19. The van der Waals surface area contributed by atoms with Gasteiger partial charge in [-0.1, -0.05) is 18.2 Å². The Labute approximate surface area is 185 Å². The molecule has 31 heavy (non-hydrogen) atoms. The molecule has 2 amide bonds. The number of aliphatic carboxylic acids is 1. The number of nitrogens with zero attached hydrogens (tertiary/aromatic N) is 1. The standard InChI is InChI=1S/C19H20N2O8S2/c1-11(22)29-8-12-9-30-18-19(28-2,17(26)21(18)15(12)16(24)25)20-14(23)10-31(27)13-6-4-3-5-7-13/h3-7,18H,8-10H2,1-2H3,(H,20,23)(H,24,25)/t18-,19-,31?/m0/s1. The number of methoxy groups -OCH3 is 1. The second-order valence-electron chi connectivity index (χ2n) is 6.67. The van der Waals surface area contributed by atoms with Crippen LogP contribution in [0.4, 0.5) is 0 Å². The topological polar surface area (TPSA) is 145 Å². The van der Waals surface area contributed by atoms with Crippen molar-refractivity contribution in [1.29, 1.82) is 0 Å². The van der Waals surface area contributed by atoms with Crippen molar-refractivity contribution in [2.45, 2.75) is 22.9 Å². The summed E-state index contributed by atoms with van der Waals surface area (Å²) in [5.41, 5.74) is -1.82. The molecule has 166 valence electrons. The molecule has 1 fully saturated rings. The molecule has 10 nitrogen and oxygen atoms in total. The number of hydrogen-bond donors (Lipinski definition) is 2. The number of carboxylic acids is 1. The molecule has 0 radical (unpaired) electrons. The Morgan fingerprint density at radius 3 is 2.61 bits per heavy atom. The Balaban J connectivity index is 1.77. The van der Waals surface area contributed by atoms with Crippen molar-refractivity contribution in [3.05, 3.63) is 41.6 Å². The fourth-order valence-electron chi connectivity index (χ4n) is 3.26. The molecule has 2 heterocycles. The Hall–Kier alpha value is -2.54. The zero-order chi connectivity index (χ0) is 22.8. The predicted octanol–water partition coefficient (Wildman–Crippen LogP) is 0.0700. The number of rotatable bonds is 8. The Bertz CT molecular complexity index is 938. The minimum Gasteiger partial charge on any atom is -0.611 e. The van der Waals surface area contributed by atoms with E-state index in [2.05, 4.69) is 5.32 Å². The molecule has 1 aromatic rings. The van der Waals surface area contributed by atoms with Crippen molar-refractivity contribution in [3.8, 4) is 0 Å². The maximum atomic E-state index is 12.9. The summed E-state index contributed by atoms with van der Waals surface area (Å²) < 4.78 is 22.6. The third kappa shape index (κ3) is 4.42. The second kappa shape index (κ2) is 9.30. The van der Waals surface area contributed by atoms with Gasteiger partial charge in [-0.05, 0) is 23.3 Å². The molecule has 0 aromatic heterocycles. The molecule has 2 N–H and O–H groups in total. The average molecular weight is 469 g/mol. The van der Waals surface area contributed by atoms with E-state index >= 15 is 0 Å². The van der Waals surface area contributed by atoms with Gasteiger partial charge in [0.25, 0.3) is 17.5 Å². The van der Waals surface area contributed by atoms with Gasteiger partial charge in [-0.25, -0.2) is 4.79 Å². The number of carboxylic acid groups (broad SMARTS) is 1. The third-order valence-corrected chi connectivity index (χ3v) is 7.37. The van der Waals surface area contributed by atoms with Crippen molar-refractivity contribution < 1.29 is 38.3 Å². The van der Waals surface area contributed by atoms with E-state index in [9.17, 15) is 28.8 Å². The fourth-order valence-corrected chi connectivity index (χ4v) is 5.62. The molecule has 3 atom stereocenters. The number of amides is 2. The number of β-lactam (4-membered cyclic amide) rings is 1. The van der Waals surface area contributed by atoms with Crippen molar-refractivity contribution in [2.75, 3.05) is 25.2 Å². The Kier molecular flexibility index (Phi) is 6.94. The van der Waals surface area contributed by atoms with Crippen molar-refractivity contribution in [2.24, 2.45) is 0 Å². The minimum atomic E-state index is -1.78. The first-order valence-electron chi connectivity index (χ1n) is 9.04. The number of carbonyl (C=O) groups is 4. The van der Waals surface area contributed by atoms with Crippen LogP contribution in [-0.4, -0.2) is 74.6 Å². The highest BCUT2D eigenvalue weighted by Crippen LogP contribution is 2.46. The lowest BCUT2D eigenvalue weighted by Gasteiger charge is -2.55. The summed E-state index contributed by atoms with van der Waals surface area (Å²) in [4.78, 5) is 49.8. The fraction of sp³-hybridized carbons (Fsp3) is 0.368. The highest BCUT2D eigenvalue weighted by Gasteiger charge is 2.66. The lowest BCUT2D eigenvalue weighted by molar-refractivity contribution is -0.192. The van der Waals surface area contributed by atoms with Gasteiger partial charge in [0, 0.05) is 25.4 Å². The van der Waals surface area contributed by atoms with Crippen LogP contribution in [0, 0.1) is 0 Å². The van der Waals surface area contributed by atoms with Gasteiger partial charge in [-0.15, -0.1) is 11.8 Å². The summed E-state index contributed by atoms with van der Waals surface area (Å²) in [5.74, 6) is -3.63. The maximum absolute atomic E-state index is 12.9. The summed E-state index contributed by atoms with van der Waals surface area (Å²) in [7, 11) is 1.22. The largest absolute Gasteiger partial charge is 0.611 e. The Morgan fingerprint density at radius 2 is 2.03 bits per heavy atom. The van der Waals surface area contributed by atoms with Gasteiger partial charge in [0.15, 0.2) is 10.6 Å². The van der Waals surface area contributed by atoms with Crippen molar-refractivity contribution in [1.82, 2.24) is 10.2 Å². The van der Waals surface area contributed by atoms with Gasteiger partial charge in [-0.3, -0.25) is 19.3 Å². The van der Waals surface area contributed by atoms with Gasteiger partial charge >= 0.3 is 11.9 Å². The summed E-state index contributed by atoms with van der Waals surface area (Å²) in [6, 6.07) is 8.39. The first kappa shape index (κ1) is 23.1. The molecule has 1 unspecified atom stereocenters. The highest BCUT2D eigenvalue weighted by atomic mass is 32.2. The molecular formula is C19H20N2O8S2. The quantitative estimate of drug-likeness (QED) is 0.234. The molecule has 1 aromatic carbocycles. The normalized spacial score (nSPS) is 23.5. The lowest BCUT2D eigenvalue weighted by atomic mass is 9.98. The molecular weight excluding hydrogens is 448 g/mol. The van der Waals surface area contributed by atoms with Gasteiger partial charge < -0.3 is 24.4 Å². The zero-order valence-corrected chi connectivity index (χ0v) is 18.3. The number of thioether (sulfide) groups is 1. The number of esters is 1. The van der Waals surface area contributed by atoms with E-state index in [-0.39, 0.29) is 29.4 Å². The summed E-state index contributed by atoms with van der Waals surface area (Å²) in [6.45, 7) is 0.933. The monoisotopic (exact) mass is 468 g/mol. The smallest absolute Gasteiger partial charge is 0.352 e. The Morgan fingerprint density at radius 1 is 1.35 bits per heavy atom. The van der Waals surface area contributed by atoms with E-state index in [0.29, 0.717) is 4.90 Å². The number of ether oxygens (including phenoxy) is 2. The number of hydrogen-bond acceptors (Lipinski definition) is 8. The minimum absolute atomic E-state index is 0.153. The van der Waals surface area contributed by atoms with Crippen LogP contribution in [0.25, 0.3) is 0 Å². The number of benzene rings is 1. The third-order valence-electron chi connectivity index (χ3n) is 4.68. The zero-order valence-electron chi connectivity index (χ0n) is 16.7. The number of fused-ring (bicyclic) bond motifs is 1. The molecule has 0 aliphatic carbocycles. The molecule has 2 aliphatic heterocycles. The van der Waals surface area contributed by atoms with Gasteiger partial charge in [0.2, 0.25) is 0 Å². The van der Waals surface area contributed by atoms with Crippen molar-refractivity contribution in [3.63, 3.8) is 0 Å². The van der Waals surface area contributed by atoms with E-state index in [0.717, 1.165) is 16.7 Å². The van der Waals surface area contributed by atoms with Crippen LogP contribution in [0.5, 0.6) is 0 Å². The van der Waals surface area contributed by atoms with Crippen LogP contribution in [0.15, 0.2) is 46.5 Å². The molecule has 12 heteroatoms. The number of carbonyl (C=O) groups excluding carboxylic acids is 3. The molecule has 0 spiro atoms. The average Bonchev–Trinajstić information content (AvgIpc) is 2.75. The van der Waals surface area contributed by atoms with E-state index < -0.39 is 46.0 Å². The predicted molar refractivity (Wildman–Crippen MR) is 110 cm³/mol. The van der Waals surface area contributed by atoms with Crippen molar-refractivity contribution >= 4 is 46.7 Å². The molecule has 1 saturated heterocycles. The van der Waals surface area contributed by atoms with Crippen LogP contribution in [0.3, 0.4) is 0 Å². The SMILES string of the molecule is CO[C@@]1(NC(=O)C[S+]([O-])c2ccccc2)C(=O)N2C(C(=O)O)=C(COC(C)=O)CS[C@H]21. The van der Waals surface area contributed by atoms with Crippen LogP contribution in [0.1, 0.15) is 6.92 Å². The summed E-state index contributed by atoms with van der Waals surface area (Å²) in [6.07, 6.45) is 0. The van der Waals surface area contributed by atoms with E-state index in [1.165, 1.54) is 14.0 Å². The van der Waals surface area contributed by atoms with Gasteiger partial charge in [0.1, 0.15) is 17.7 Å². The summed E-state index contributed by atoms with van der Waals surface area (Å²) in [5, 5.41) is 11.3. The molecule has 2 aliphatic rings. The lowest BCUT2D eigenvalue weighted by Crippen LogP contribution is -2.81. The van der Waals surface area contributed by atoms with Crippen LogP contribution in [0.2, 0.25) is 0 Å². The first-order chi connectivity index (χ1) is 14.7. The molecule has 0 bridgehead atoms. The molecule has 0 saturated carbocycles.